The topological polar surface area (TPSA) is 67.2 Å². The molecule has 2 rings (SSSR count). The average molecular weight is 310 g/mol. The molecule has 21 heavy (non-hydrogen) atoms. The number of thioether (sulfide) groups is 1. The molecular formula is C14H22N4O2S. The number of rotatable bonds is 4. The van der Waals surface area contributed by atoms with Crippen molar-refractivity contribution in [1.82, 2.24) is 19.8 Å². The van der Waals surface area contributed by atoms with E-state index in [2.05, 4.69) is 10.3 Å². The zero-order chi connectivity index (χ0) is 15.6. The molecule has 116 valence electrons. The average Bonchev–Trinajstić information content (AvgIpc) is 2.83. The predicted octanol–water partition coefficient (Wildman–Crippen LogP) is 1.29. The molecule has 0 fully saturated rings. The van der Waals surface area contributed by atoms with Gasteiger partial charge in [0.05, 0.1) is 11.8 Å². The lowest BCUT2D eigenvalue weighted by Gasteiger charge is -2.33. The molecule has 1 unspecified atom stereocenters. The zero-order valence-corrected chi connectivity index (χ0v) is 13.7. The second-order valence-corrected chi connectivity index (χ2v) is 6.37. The summed E-state index contributed by atoms with van der Waals surface area (Å²) in [5.41, 5.74) is 0.421. The van der Waals surface area contributed by atoms with Gasteiger partial charge in [0.25, 0.3) is 5.91 Å². The molecule has 2 amide bonds. The maximum atomic E-state index is 12.1. The van der Waals surface area contributed by atoms with Crippen LogP contribution in [0.15, 0.2) is 6.20 Å². The van der Waals surface area contributed by atoms with Crippen molar-refractivity contribution in [2.45, 2.75) is 39.4 Å². The molecular weight excluding hydrogens is 288 g/mol. The van der Waals surface area contributed by atoms with E-state index in [9.17, 15) is 9.59 Å². The van der Waals surface area contributed by atoms with E-state index in [0.717, 1.165) is 5.82 Å². The molecule has 7 heteroatoms. The number of carbonyl (C=O) groups excluding carboxylic acids is 2. The molecule has 1 N–H and O–H groups in total. The van der Waals surface area contributed by atoms with Gasteiger partial charge in [-0.2, -0.15) is 11.8 Å². The van der Waals surface area contributed by atoms with Crippen LogP contribution in [0.1, 0.15) is 43.1 Å². The van der Waals surface area contributed by atoms with Gasteiger partial charge in [-0.25, -0.2) is 4.98 Å². The van der Waals surface area contributed by atoms with Crippen molar-refractivity contribution in [3.8, 4) is 0 Å². The molecule has 0 saturated carbocycles. The number of nitrogens with zero attached hydrogens (tertiary/aromatic N) is 3. The standard InChI is InChI=1S/C14H22N4O2S/c1-9(2)15-14(20)11-7-17-5-6-18(12(19)8-21-4)10(3)13(17)16-11/h7,9-10H,5-6,8H2,1-4H3,(H,15,20). The summed E-state index contributed by atoms with van der Waals surface area (Å²) in [6.07, 6.45) is 3.70. The number of nitrogens with one attached hydrogen (secondary N) is 1. The normalized spacial score (nSPS) is 17.8. The van der Waals surface area contributed by atoms with Crippen molar-refractivity contribution in [3.05, 3.63) is 17.7 Å². The lowest BCUT2D eigenvalue weighted by atomic mass is 10.2. The van der Waals surface area contributed by atoms with E-state index in [-0.39, 0.29) is 23.9 Å². The summed E-state index contributed by atoms with van der Waals surface area (Å²) in [5, 5.41) is 2.84. The largest absolute Gasteiger partial charge is 0.348 e. The van der Waals surface area contributed by atoms with Gasteiger partial charge in [-0.15, -0.1) is 0 Å². The van der Waals surface area contributed by atoms with Crippen LogP contribution in [0.4, 0.5) is 0 Å². The molecule has 0 spiro atoms. The van der Waals surface area contributed by atoms with Gasteiger partial charge in [-0.1, -0.05) is 0 Å². The molecule has 1 aromatic heterocycles. The van der Waals surface area contributed by atoms with Crippen molar-refractivity contribution >= 4 is 23.6 Å². The minimum atomic E-state index is -0.166. The molecule has 0 radical (unpaired) electrons. The van der Waals surface area contributed by atoms with Crippen LogP contribution in [0.25, 0.3) is 0 Å². The minimum absolute atomic E-state index is 0.0771. The van der Waals surface area contributed by atoms with Crippen LogP contribution in [0.2, 0.25) is 0 Å². The Kier molecular flexibility index (Phi) is 4.92. The first-order valence-electron chi connectivity index (χ1n) is 7.10. The van der Waals surface area contributed by atoms with Crippen molar-refractivity contribution in [2.75, 3.05) is 18.6 Å². The molecule has 0 aliphatic carbocycles. The van der Waals surface area contributed by atoms with E-state index in [0.29, 0.717) is 24.5 Å². The Morgan fingerprint density at radius 3 is 2.81 bits per heavy atom. The highest BCUT2D eigenvalue weighted by Crippen LogP contribution is 2.25. The fraction of sp³-hybridized carbons (Fsp3) is 0.643. The molecule has 0 bridgehead atoms. The van der Waals surface area contributed by atoms with Gasteiger partial charge < -0.3 is 14.8 Å². The summed E-state index contributed by atoms with van der Waals surface area (Å²) in [4.78, 5) is 30.4. The van der Waals surface area contributed by atoms with Crippen molar-refractivity contribution in [2.24, 2.45) is 0 Å². The molecule has 1 atom stereocenters. The second-order valence-electron chi connectivity index (χ2n) is 5.50. The number of amides is 2. The quantitative estimate of drug-likeness (QED) is 0.910. The van der Waals surface area contributed by atoms with Crippen molar-refractivity contribution < 1.29 is 9.59 Å². The van der Waals surface area contributed by atoms with Gasteiger partial charge in [0.2, 0.25) is 5.91 Å². The summed E-state index contributed by atoms with van der Waals surface area (Å²) in [5.74, 6) is 1.22. The number of imidazole rings is 1. The van der Waals surface area contributed by atoms with E-state index in [1.165, 1.54) is 11.8 Å². The monoisotopic (exact) mass is 310 g/mol. The van der Waals surface area contributed by atoms with Crippen LogP contribution in [0.3, 0.4) is 0 Å². The zero-order valence-electron chi connectivity index (χ0n) is 12.9. The Morgan fingerprint density at radius 2 is 2.19 bits per heavy atom. The van der Waals surface area contributed by atoms with Crippen LogP contribution in [0.5, 0.6) is 0 Å². The molecule has 0 saturated heterocycles. The van der Waals surface area contributed by atoms with Gasteiger partial charge in [-0.05, 0) is 27.0 Å². The maximum absolute atomic E-state index is 12.1. The molecule has 6 nitrogen and oxygen atoms in total. The van der Waals surface area contributed by atoms with Gasteiger partial charge >= 0.3 is 0 Å². The lowest BCUT2D eigenvalue weighted by molar-refractivity contribution is -0.131. The first-order valence-corrected chi connectivity index (χ1v) is 8.49. The number of aromatic nitrogens is 2. The van der Waals surface area contributed by atoms with E-state index < -0.39 is 0 Å². The molecule has 1 aliphatic heterocycles. The van der Waals surface area contributed by atoms with Crippen LogP contribution < -0.4 is 5.32 Å². The summed E-state index contributed by atoms with van der Waals surface area (Å²) >= 11 is 1.52. The highest BCUT2D eigenvalue weighted by molar-refractivity contribution is 7.99. The van der Waals surface area contributed by atoms with Gasteiger partial charge in [0.15, 0.2) is 0 Å². The first-order chi connectivity index (χ1) is 9.93. The number of fused-ring (bicyclic) bond motifs is 1. The first kappa shape index (κ1) is 15.9. The summed E-state index contributed by atoms with van der Waals surface area (Å²) < 4.78 is 1.97. The molecule has 1 aromatic rings. The van der Waals surface area contributed by atoms with Crippen LogP contribution in [0, 0.1) is 0 Å². The fourth-order valence-corrected chi connectivity index (χ4v) is 2.90. The van der Waals surface area contributed by atoms with Crippen LogP contribution in [-0.4, -0.2) is 50.9 Å². The highest BCUT2D eigenvalue weighted by Gasteiger charge is 2.30. The van der Waals surface area contributed by atoms with E-state index in [4.69, 9.17) is 0 Å². The van der Waals surface area contributed by atoms with Crippen molar-refractivity contribution in [1.29, 1.82) is 0 Å². The number of hydrogen-bond donors (Lipinski definition) is 1. The highest BCUT2D eigenvalue weighted by atomic mass is 32.2. The lowest BCUT2D eigenvalue weighted by Crippen LogP contribution is -2.41. The Morgan fingerprint density at radius 1 is 1.48 bits per heavy atom. The van der Waals surface area contributed by atoms with E-state index >= 15 is 0 Å². The van der Waals surface area contributed by atoms with Crippen LogP contribution >= 0.6 is 11.8 Å². The van der Waals surface area contributed by atoms with Gasteiger partial charge in [0.1, 0.15) is 11.5 Å². The minimum Gasteiger partial charge on any atom is -0.348 e. The summed E-state index contributed by atoms with van der Waals surface area (Å²) in [7, 11) is 0. The second kappa shape index (κ2) is 6.51. The predicted molar refractivity (Wildman–Crippen MR) is 83.3 cm³/mol. The molecule has 2 heterocycles. The Bertz CT molecular complexity index is 541. The SMILES string of the molecule is CSCC(=O)N1CCn2cc(C(=O)NC(C)C)nc2C1C. The Hall–Kier alpha value is -1.50. The number of hydrogen-bond acceptors (Lipinski definition) is 4. The molecule has 1 aliphatic rings. The number of carbonyl (C=O) groups is 2. The summed E-state index contributed by atoms with van der Waals surface area (Å²) in [6.45, 7) is 7.13. The molecule has 0 aromatic carbocycles. The fourth-order valence-electron chi connectivity index (χ4n) is 2.48. The third-order valence-corrected chi connectivity index (χ3v) is 4.01. The maximum Gasteiger partial charge on any atom is 0.271 e. The third-order valence-electron chi connectivity index (χ3n) is 3.47. The third kappa shape index (κ3) is 3.40. The van der Waals surface area contributed by atoms with Gasteiger partial charge in [-0.3, -0.25) is 9.59 Å². The smallest absolute Gasteiger partial charge is 0.271 e. The van der Waals surface area contributed by atoms with Gasteiger partial charge in [0, 0.05) is 25.3 Å². The Balaban J connectivity index is 2.18. The van der Waals surface area contributed by atoms with E-state index in [1.54, 1.807) is 6.20 Å². The Labute approximate surface area is 129 Å². The van der Waals surface area contributed by atoms with E-state index in [1.807, 2.05) is 36.5 Å². The summed E-state index contributed by atoms with van der Waals surface area (Å²) in [6, 6.07) is -0.0210. The van der Waals surface area contributed by atoms with Crippen molar-refractivity contribution in [3.63, 3.8) is 0 Å². The van der Waals surface area contributed by atoms with Crippen LogP contribution in [-0.2, 0) is 11.3 Å².